The molecule has 0 spiro atoms. The van der Waals surface area contributed by atoms with Gasteiger partial charge in [0.2, 0.25) is 5.91 Å². The third-order valence-electron chi connectivity index (χ3n) is 2.59. The van der Waals surface area contributed by atoms with Crippen LogP contribution in [0.2, 0.25) is 0 Å². The Hall–Kier alpha value is -2.37. The molecule has 0 aromatic heterocycles. The predicted octanol–water partition coefficient (Wildman–Crippen LogP) is 0.484. The number of ether oxygens (including phenoxy) is 1. The first kappa shape index (κ1) is 15.7. The number of carbonyl (C=O) groups excluding carboxylic acids is 3. The van der Waals surface area contributed by atoms with E-state index in [4.69, 9.17) is 0 Å². The van der Waals surface area contributed by atoms with Crippen LogP contribution in [0.25, 0.3) is 0 Å². The van der Waals surface area contributed by atoms with E-state index in [1.807, 2.05) is 0 Å². The molecule has 0 saturated carbocycles. The summed E-state index contributed by atoms with van der Waals surface area (Å²) in [6.45, 7) is 2.23. The van der Waals surface area contributed by atoms with Crippen LogP contribution >= 0.6 is 0 Å². The molecule has 1 aromatic carbocycles. The lowest BCUT2D eigenvalue weighted by Crippen LogP contribution is -2.44. The van der Waals surface area contributed by atoms with Crippen LogP contribution < -0.4 is 10.6 Å². The second kappa shape index (κ2) is 7.93. The monoisotopic (exact) mass is 278 g/mol. The fourth-order valence-electron chi connectivity index (χ4n) is 1.62. The normalized spacial score (nSPS) is 11.3. The van der Waals surface area contributed by atoms with Gasteiger partial charge in [-0.15, -0.1) is 0 Å². The maximum absolute atomic E-state index is 12.0. The minimum atomic E-state index is -1.00. The SMILES string of the molecule is CCNC(=O)C[C@@H](NC(=O)c1ccccc1)C(=O)OC. The van der Waals surface area contributed by atoms with Crippen molar-refractivity contribution in [3.8, 4) is 0 Å². The molecule has 1 atom stereocenters. The largest absolute Gasteiger partial charge is 0.467 e. The molecule has 0 radical (unpaired) electrons. The van der Waals surface area contributed by atoms with Crippen molar-refractivity contribution in [3.63, 3.8) is 0 Å². The lowest BCUT2D eigenvalue weighted by molar-refractivity contribution is -0.144. The molecule has 20 heavy (non-hydrogen) atoms. The Balaban J connectivity index is 2.72. The molecule has 1 rings (SSSR count). The van der Waals surface area contributed by atoms with Gasteiger partial charge >= 0.3 is 5.97 Å². The maximum atomic E-state index is 12.0. The second-order valence-electron chi connectivity index (χ2n) is 4.07. The first-order valence-electron chi connectivity index (χ1n) is 6.29. The van der Waals surface area contributed by atoms with Crippen molar-refractivity contribution in [1.82, 2.24) is 10.6 Å². The summed E-state index contributed by atoms with van der Waals surface area (Å²) < 4.78 is 4.59. The standard InChI is InChI=1S/C14H18N2O4/c1-3-15-12(17)9-11(14(19)20-2)16-13(18)10-7-5-4-6-8-10/h4-8,11H,3,9H2,1-2H3,(H,15,17)(H,16,18)/t11-/m1/s1. The first-order valence-corrected chi connectivity index (χ1v) is 6.29. The number of rotatable bonds is 6. The van der Waals surface area contributed by atoms with E-state index in [2.05, 4.69) is 15.4 Å². The average molecular weight is 278 g/mol. The Morgan fingerprint density at radius 1 is 1.20 bits per heavy atom. The molecule has 0 aliphatic carbocycles. The number of hydrogen-bond donors (Lipinski definition) is 2. The van der Waals surface area contributed by atoms with Gasteiger partial charge in [-0.05, 0) is 19.1 Å². The molecule has 2 amide bonds. The van der Waals surface area contributed by atoms with E-state index < -0.39 is 17.9 Å². The highest BCUT2D eigenvalue weighted by atomic mass is 16.5. The predicted molar refractivity (Wildman–Crippen MR) is 73.0 cm³/mol. The Morgan fingerprint density at radius 3 is 2.40 bits per heavy atom. The van der Waals surface area contributed by atoms with E-state index in [0.717, 1.165) is 0 Å². The highest BCUT2D eigenvalue weighted by molar-refractivity contribution is 5.97. The average Bonchev–Trinajstić information content (AvgIpc) is 2.46. The summed E-state index contributed by atoms with van der Waals surface area (Å²) in [6.07, 6.45) is -0.154. The number of carbonyl (C=O) groups is 3. The van der Waals surface area contributed by atoms with Crippen LogP contribution in [-0.2, 0) is 14.3 Å². The van der Waals surface area contributed by atoms with Gasteiger partial charge in [0.25, 0.3) is 5.91 Å². The highest BCUT2D eigenvalue weighted by Crippen LogP contribution is 2.02. The summed E-state index contributed by atoms with van der Waals surface area (Å²) in [6, 6.07) is 7.45. The molecule has 0 fully saturated rings. The lowest BCUT2D eigenvalue weighted by atomic mass is 10.1. The summed E-state index contributed by atoms with van der Waals surface area (Å²) in [5.74, 6) is -1.40. The van der Waals surface area contributed by atoms with Gasteiger partial charge in [0, 0.05) is 12.1 Å². The molecular weight excluding hydrogens is 260 g/mol. The molecule has 6 heteroatoms. The summed E-state index contributed by atoms with van der Waals surface area (Å²) >= 11 is 0. The van der Waals surface area contributed by atoms with Crippen LogP contribution in [0.15, 0.2) is 30.3 Å². The van der Waals surface area contributed by atoms with E-state index in [1.165, 1.54) is 7.11 Å². The van der Waals surface area contributed by atoms with Gasteiger partial charge < -0.3 is 15.4 Å². The van der Waals surface area contributed by atoms with Crippen LogP contribution in [0, 0.1) is 0 Å². The van der Waals surface area contributed by atoms with Crippen molar-refractivity contribution in [3.05, 3.63) is 35.9 Å². The smallest absolute Gasteiger partial charge is 0.328 e. The highest BCUT2D eigenvalue weighted by Gasteiger charge is 2.24. The molecule has 0 aliphatic rings. The number of hydrogen-bond acceptors (Lipinski definition) is 4. The van der Waals surface area contributed by atoms with Crippen LogP contribution in [0.4, 0.5) is 0 Å². The van der Waals surface area contributed by atoms with E-state index in [0.29, 0.717) is 12.1 Å². The molecule has 1 aromatic rings. The van der Waals surface area contributed by atoms with Crippen molar-refractivity contribution >= 4 is 17.8 Å². The van der Waals surface area contributed by atoms with Gasteiger partial charge in [0.1, 0.15) is 6.04 Å². The summed E-state index contributed by atoms with van der Waals surface area (Å²) in [7, 11) is 1.21. The number of nitrogens with one attached hydrogen (secondary N) is 2. The van der Waals surface area contributed by atoms with E-state index >= 15 is 0 Å². The zero-order valence-electron chi connectivity index (χ0n) is 11.5. The quantitative estimate of drug-likeness (QED) is 0.741. The first-order chi connectivity index (χ1) is 9.58. The number of methoxy groups -OCH3 is 1. The molecule has 0 heterocycles. The maximum Gasteiger partial charge on any atom is 0.328 e. The number of amides is 2. The number of esters is 1. The van der Waals surface area contributed by atoms with Gasteiger partial charge in [-0.25, -0.2) is 4.79 Å². The molecule has 0 bridgehead atoms. The summed E-state index contributed by atoms with van der Waals surface area (Å²) in [4.78, 5) is 35.1. The van der Waals surface area contributed by atoms with Gasteiger partial charge in [-0.3, -0.25) is 9.59 Å². The zero-order chi connectivity index (χ0) is 15.0. The van der Waals surface area contributed by atoms with Gasteiger partial charge in [-0.1, -0.05) is 18.2 Å². The third kappa shape index (κ3) is 4.72. The van der Waals surface area contributed by atoms with Crippen molar-refractivity contribution < 1.29 is 19.1 Å². The van der Waals surface area contributed by atoms with E-state index in [9.17, 15) is 14.4 Å². The Morgan fingerprint density at radius 2 is 1.85 bits per heavy atom. The summed E-state index contributed by atoms with van der Waals surface area (Å²) in [5.41, 5.74) is 0.414. The third-order valence-corrected chi connectivity index (χ3v) is 2.59. The molecular formula is C14H18N2O4. The van der Waals surface area contributed by atoms with Gasteiger partial charge in [0.05, 0.1) is 13.5 Å². The van der Waals surface area contributed by atoms with Crippen LogP contribution in [0.1, 0.15) is 23.7 Å². The fourth-order valence-corrected chi connectivity index (χ4v) is 1.62. The van der Waals surface area contributed by atoms with Crippen LogP contribution in [0.3, 0.4) is 0 Å². The minimum Gasteiger partial charge on any atom is -0.467 e. The molecule has 0 saturated heterocycles. The van der Waals surface area contributed by atoms with E-state index in [-0.39, 0.29) is 12.3 Å². The van der Waals surface area contributed by atoms with Crippen molar-refractivity contribution in [1.29, 1.82) is 0 Å². The second-order valence-corrected chi connectivity index (χ2v) is 4.07. The molecule has 2 N–H and O–H groups in total. The van der Waals surface area contributed by atoms with Gasteiger partial charge in [-0.2, -0.15) is 0 Å². The van der Waals surface area contributed by atoms with Crippen molar-refractivity contribution in [2.75, 3.05) is 13.7 Å². The summed E-state index contributed by atoms with van der Waals surface area (Å²) in [5, 5.41) is 5.07. The van der Waals surface area contributed by atoms with Gasteiger partial charge in [0.15, 0.2) is 0 Å². The number of benzene rings is 1. The zero-order valence-corrected chi connectivity index (χ0v) is 11.5. The molecule has 0 aliphatic heterocycles. The van der Waals surface area contributed by atoms with Crippen LogP contribution in [-0.4, -0.2) is 37.5 Å². The Kier molecular flexibility index (Phi) is 6.22. The van der Waals surface area contributed by atoms with Crippen molar-refractivity contribution in [2.24, 2.45) is 0 Å². The molecule has 6 nitrogen and oxygen atoms in total. The lowest BCUT2D eigenvalue weighted by Gasteiger charge is -2.16. The topological polar surface area (TPSA) is 84.5 Å². The Labute approximate surface area is 117 Å². The molecule has 108 valence electrons. The fraction of sp³-hybridized carbons (Fsp3) is 0.357. The Bertz CT molecular complexity index is 473. The minimum absolute atomic E-state index is 0.154. The van der Waals surface area contributed by atoms with E-state index in [1.54, 1.807) is 37.3 Å². The van der Waals surface area contributed by atoms with Crippen LogP contribution in [0.5, 0.6) is 0 Å². The van der Waals surface area contributed by atoms with Crippen molar-refractivity contribution in [2.45, 2.75) is 19.4 Å². The molecule has 0 unspecified atom stereocenters.